The Kier molecular flexibility index (Phi) is 6.64. The van der Waals surface area contributed by atoms with Gasteiger partial charge in [-0.2, -0.15) is 0 Å². The largest absolute Gasteiger partial charge is 0.494 e. The van der Waals surface area contributed by atoms with Crippen LogP contribution in [0.3, 0.4) is 0 Å². The average molecular weight is 295 g/mol. The quantitative estimate of drug-likeness (QED) is 0.695. The standard InChI is InChI=1S/C14H21N3O4/c1-9(18)16-12-5-4-10(8-13(12)21-3)17-14(19)11(15)6-7-20-2/h4-5,8,11H,6-7,15H2,1-3H3,(H,16,18)(H,17,19). The fraction of sp³-hybridized carbons (Fsp3) is 0.429. The second-order valence-electron chi connectivity index (χ2n) is 4.47. The summed E-state index contributed by atoms with van der Waals surface area (Å²) in [7, 11) is 3.03. The van der Waals surface area contributed by atoms with Gasteiger partial charge in [0.05, 0.1) is 18.8 Å². The smallest absolute Gasteiger partial charge is 0.241 e. The van der Waals surface area contributed by atoms with Crippen LogP contribution in [0.5, 0.6) is 5.75 Å². The topological polar surface area (TPSA) is 103 Å². The number of benzene rings is 1. The van der Waals surface area contributed by atoms with E-state index in [1.54, 1.807) is 25.3 Å². The Labute approximate surface area is 123 Å². The minimum absolute atomic E-state index is 0.202. The van der Waals surface area contributed by atoms with Gasteiger partial charge >= 0.3 is 0 Å². The first-order valence-corrected chi connectivity index (χ1v) is 6.49. The summed E-state index contributed by atoms with van der Waals surface area (Å²) in [6.45, 7) is 1.82. The highest BCUT2D eigenvalue weighted by molar-refractivity contribution is 5.96. The molecule has 1 aromatic carbocycles. The molecule has 7 nitrogen and oxygen atoms in total. The highest BCUT2D eigenvalue weighted by Gasteiger charge is 2.14. The SMILES string of the molecule is COCCC(N)C(=O)Nc1ccc(NC(C)=O)c(OC)c1. The molecule has 116 valence electrons. The molecule has 7 heteroatoms. The number of nitrogens with two attached hydrogens (primary N) is 1. The molecule has 0 radical (unpaired) electrons. The summed E-state index contributed by atoms with van der Waals surface area (Å²) in [6.07, 6.45) is 0.434. The van der Waals surface area contributed by atoms with Crippen molar-refractivity contribution in [3.8, 4) is 5.75 Å². The van der Waals surface area contributed by atoms with Crippen molar-refractivity contribution in [2.24, 2.45) is 5.73 Å². The van der Waals surface area contributed by atoms with Gasteiger partial charge in [0.15, 0.2) is 0 Å². The number of nitrogens with one attached hydrogen (secondary N) is 2. The van der Waals surface area contributed by atoms with E-state index in [1.807, 2.05) is 0 Å². The highest BCUT2D eigenvalue weighted by atomic mass is 16.5. The molecule has 1 rings (SSSR count). The summed E-state index contributed by atoms with van der Waals surface area (Å²) in [5.74, 6) is -0.0542. The Bertz CT molecular complexity index is 505. The van der Waals surface area contributed by atoms with Crippen LogP contribution in [0.25, 0.3) is 0 Å². The van der Waals surface area contributed by atoms with Gasteiger partial charge in [-0.05, 0) is 18.6 Å². The van der Waals surface area contributed by atoms with Crippen LogP contribution in [0.1, 0.15) is 13.3 Å². The Morgan fingerprint density at radius 2 is 2.00 bits per heavy atom. The Hall–Kier alpha value is -2.12. The number of ether oxygens (including phenoxy) is 2. The van der Waals surface area contributed by atoms with Crippen LogP contribution in [-0.4, -0.2) is 38.7 Å². The van der Waals surface area contributed by atoms with Gasteiger partial charge in [0.2, 0.25) is 11.8 Å². The second-order valence-corrected chi connectivity index (χ2v) is 4.47. The minimum atomic E-state index is -0.647. The van der Waals surface area contributed by atoms with E-state index in [1.165, 1.54) is 14.0 Å². The molecular weight excluding hydrogens is 274 g/mol. The van der Waals surface area contributed by atoms with Crippen LogP contribution >= 0.6 is 0 Å². The summed E-state index contributed by atoms with van der Waals surface area (Å²) in [4.78, 5) is 22.9. The van der Waals surface area contributed by atoms with Crippen LogP contribution in [0, 0.1) is 0 Å². The number of amides is 2. The van der Waals surface area contributed by atoms with Crippen LogP contribution in [-0.2, 0) is 14.3 Å². The third kappa shape index (κ3) is 5.41. The zero-order valence-electron chi connectivity index (χ0n) is 12.4. The predicted molar refractivity (Wildman–Crippen MR) is 80.4 cm³/mol. The van der Waals surface area contributed by atoms with E-state index < -0.39 is 6.04 Å². The fourth-order valence-corrected chi connectivity index (χ4v) is 1.67. The lowest BCUT2D eigenvalue weighted by Crippen LogP contribution is -2.36. The number of rotatable bonds is 7. The highest BCUT2D eigenvalue weighted by Crippen LogP contribution is 2.28. The van der Waals surface area contributed by atoms with Crippen LogP contribution in [0.2, 0.25) is 0 Å². The first kappa shape index (κ1) is 16.9. The molecule has 21 heavy (non-hydrogen) atoms. The molecule has 0 aliphatic heterocycles. The van der Waals surface area contributed by atoms with E-state index in [9.17, 15) is 9.59 Å². The average Bonchev–Trinajstić information content (AvgIpc) is 2.45. The van der Waals surface area contributed by atoms with Crippen molar-refractivity contribution < 1.29 is 19.1 Å². The molecule has 0 aromatic heterocycles. The molecule has 0 aliphatic rings. The third-order valence-corrected chi connectivity index (χ3v) is 2.75. The fourth-order valence-electron chi connectivity index (χ4n) is 1.67. The number of carbonyl (C=O) groups excluding carboxylic acids is 2. The molecule has 0 saturated carbocycles. The van der Waals surface area contributed by atoms with E-state index in [0.717, 1.165) is 0 Å². The lowest BCUT2D eigenvalue weighted by atomic mass is 10.2. The number of anilines is 2. The summed E-state index contributed by atoms with van der Waals surface area (Å²) < 4.78 is 10.1. The van der Waals surface area contributed by atoms with E-state index in [0.29, 0.717) is 30.2 Å². The minimum Gasteiger partial charge on any atom is -0.494 e. The van der Waals surface area contributed by atoms with Crippen LogP contribution in [0.15, 0.2) is 18.2 Å². The first-order valence-electron chi connectivity index (χ1n) is 6.49. The normalized spacial score (nSPS) is 11.6. The Balaban J connectivity index is 2.76. The molecule has 4 N–H and O–H groups in total. The molecule has 2 amide bonds. The Morgan fingerprint density at radius 1 is 1.29 bits per heavy atom. The van der Waals surface area contributed by atoms with Crippen molar-refractivity contribution >= 4 is 23.2 Å². The maximum Gasteiger partial charge on any atom is 0.241 e. The van der Waals surface area contributed by atoms with Crippen molar-refractivity contribution in [1.82, 2.24) is 0 Å². The lowest BCUT2D eigenvalue weighted by Gasteiger charge is -2.14. The van der Waals surface area contributed by atoms with Crippen molar-refractivity contribution in [3.05, 3.63) is 18.2 Å². The zero-order valence-corrected chi connectivity index (χ0v) is 12.4. The number of methoxy groups -OCH3 is 2. The summed E-state index contributed by atoms with van der Waals surface area (Å²) >= 11 is 0. The van der Waals surface area contributed by atoms with Gasteiger partial charge in [-0.15, -0.1) is 0 Å². The molecule has 0 fully saturated rings. The molecule has 0 saturated heterocycles. The van der Waals surface area contributed by atoms with E-state index in [-0.39, 0.29) is 11.8 Å². The predicted octanol–water partition coefficient (Wildman–Crippen LogP) is 0.956. The van der Waals surface area contributed by atoms with Crippen molar-refractivity contribution in [1.29, 1.82) is 0 Å². The van der Waals surface area contributed by atoms with Gasteiger partial charge in [0, 0.05) is 32.4 Å². The molecule has 1 unspecified atom stereocenters. The van der Waals surface area contributed by atoms with Gasteiger partial charge in [0.25, 0.3) is 0 Å². The summed E-state index contributed by atoms with van der Waals surface area (Å²) in [6, 6.07) is 4.28. The molecule has 0 heterocycles. The molecule has 1 atom stereocenters. The molecule has 0 aliphatic carbocycles. The third-order valence-electron chi connectivity index (χ3n) is 2.75. The number of carbonyl (C=O) groups is 2. The summed E-state index contributed by atoms with van der Waals surface area (Å²) in [5.41, 5.74) is 6.81. The van der Waals surface area contributed by atoms with E-state index in [2.05, 4.69) is 10.6 Å². The van der Waals surface area contributed by atoms with Crippen molar-refractivity contribution in [2.75, 3.05) is 31.5 Å². The molecule has 1 aromatic rings. The van der Waals surface area contributed by atoms with Gasteiger partial charge in [0.1, 0.15) is 5.75 Å². The lowest BCUT2D eigenvalue weighted by molar-refractivity contribution is -0.117. The zero-order chi connectivity index (χ0) is 15.8. The van der Waals surface area contributed by atoms with E-state index >= 15 is 0 Å². The van der Waals surface area contributed by atoms with Crippen LogP contribution < -0.4 is 21.1 Å². The first-order chi connectivity index (χ1) is 9.97. The van der Waals surface area contributed by atoms with E-state index in [4.69, 9.17) is 15.2 Å². The summed E-state index contributed by atoms with van der Waals surface area (Å²) in [5, 5.41) is 5.33. The van der Waals surface area contributed by atoms with Gasteiger partial charge in [-0.25, -0.2) is 0 Å². The number of hydrogen-bond donors (Lipinski definition) is 3. The number of hydrogen-bond acceptors (Lipinski definition) is 5. The van der Waals surface area contributed by atoms with Gasteiger partial charge in [-0.3, -0.25) is 9.59 Å². The monoisotopic (exact) mass is 295 g/mol. The second kappa shape index (κ2) is 8.23. The maximum absolute atomic E-state index is 11.9. The van der Waals surface area contributed by atoms with Crippen molar-refractivity contribution in [2.45, 2.75) is 19.4 Å². The Morgan fingerprint density at radius 3 is 2.57 bits per heavy atom. The molecular formula is C14H21N3O4. The molecule has 0 spiro atoms. The van der Waals surface area contributed by atoms with Crippen LogP contribution in [0.4, 0.5) is 11.4 Å². The van der Waals surface area contributed by atoms with Crippen molar-refractivity contribution in [3.63, 3.8) is 0 Å². The molecule has 0 bridgehead atoms. The van der Waals surface area contributed by atoms with Gasteiger partial charge < -0.3 is 25.8 Å². The maximum atomic E-state index is 11.9. The van der Waals surface area contributed by atoms with Gasteiger partial charge in [-0.1, -0.05) is 0 Å².